The highest BCUT2D eigenvalue weighted by Crippen LogP contribution is 2.28. The predicted molar refractivity (Wildman–Crippen MR) is 154 cm³/mol. The number of hydrogen-bond donors (Lipinski definition) is 3. The molecule has 1 aromatic rings. The number of carbonyl (C=O) groups is 2. The molecule has 3 N–H and O–H groups in total. The van der Waals surface area contributed by atoms with Crippen molar-refractivity contribution in [2.75, 3.05) is 13.7 Å². The van der Waals surface area contributed by atoms with Gasteiger partial charge < -0.3 is 19.9 Å². The Morgan fingerprint density at radius 3 is 2.47 bits per heavy atom. The molecule has 1 heterocycles. The highest BCUT2D eigenvalue weighted by atomic mass is 16.5. The molecular formula is C30H43N5O3. The van der Waals surface area contributed by atoms with Gasteiger partial charge in [0.2, 0.25) is 5.91 Å². The molecule has 2 rings (SSSR count). The molecule has 0 fully saturated rings. The first-order valence-electron chi connectivity index (χ1n) is 13.1. The third-order valence-electron chi connectivity index (χ3n) is 6.39. The number of ether oxygens (including phenoxy) is 1. The molecule has 2 amide bonds. The van der Waals surface area contributed by atoms with Crippen LogP contribution in [-0.4, -0.2) is 52.5 Å². The first-order chi connectivity index (χ1) is 17.8. The fourth-order valence-electron chi connectivity index (χ4n) is 4.37. The van der Waals surface area contributed by atoms with Crippen LogP contribution in [0.4, 0.5) is 0 Å². The van der Waals surface area contributed by atoms with E-state index in [-0.39, 0.29) is 17.6 Å². The van der Waals surface area contributed by atoms with Crippen LogP contribution in [0.3, 0.4) is 0 Å². The minimum atomic E-state index is -0.394. The quantitative estimate of drug-likeness (QED) is 0.223. The van der Waals surface area contributed by atoms with E-state index >= 15 is 0 Å². The average molecular weight is 522 g/mol. The molecule has 0 saturated carbocycles. The van der Waals surface area contributed by atoms with Gasteiger partial charge >= 0.3 is 0 Å². The summed E-state index contributed by atoms with van der Waals surface area (Å²) in [6.07, 6.45) is 7.74. The van der Waals surface area contributed by atoms with E-state index in [1.807, 2.05) is 52.5 Å². The number of rotatable bonds is 9. The van der Waals surface area contributed by atoms with Crippen LogP contribution < -0.4 is 10.1 Å². The van der Waals surface area contributed by atoms with E-state index in [1.165, 1.54) is 7.11 Å². The molecule has 1 aliphatic heterocycles. The number of methoxy groups -OCH3 is 1. The number of carbonyl (C=O) groups excluding carboxylic acids is 2. The molecule has 0 atom stereocenters. The zero-order valence-electron chi connectivity index (χ0n) is 24.0. The first kappa shape index (κ1) is 30.5. The summed E-state index contributed by atoms with van der Waals surface area (Å²) < 4.78 is 5.50. The van der Waals surface area contributed by atoms with Crippen molar-refractivity contribution in [1.82, 2.24) is 15.1 Å². The first-order valence-corrected chi connectivity index (χ1v) is 13.1. The summed E-state index contributed by atoms with van der Waals surface area (Å²) in [5, 5.41) is 19.7. The Labute approximate surface area is 227 Å². The lowest BCUT2D eigenvalue weighted by Gasteiger charge is -2.37. The molecule has 206 valence electrons. The summed E-state index contributed by atoms with van der Waals surface area (Å²) in [4.78, 5) is 29.1. The van der Waals surface area contributed by atoms with E-state index < -0.39 is 5.54 Å². The highest BCUT2D eigenvalue weighted by molar-refractivity contribution is 6.07. The number of nitrogens with one attached hydrogen (secondary N) is 3. The Morgan fingerprint density at radius 2 is 1.89 bits per heavy atom. The second kappa shape index (κ2) is 13.2. The topological polar surface area (TPSA) is 110 Å². The van der Waals surface area contributed by atoms with Crippen molar-refractivity contribution in [1.29, 1.82) is 10.8 Å². The second-order valence-electron chi connectivity index (χ2n) is 10.5. The second-order valence-corrected chi connectivity index (χ2v) is 10.5. The molecule has 0 spiro atoms. The SMILES string of the molecule is C=C(/C=C\C=C(/C)C(=N)N(C(=N)CC)C(C)(C)C)NC(=O)c1cc2c(cc1OC)CCN(C(=O)CCC)C2. The van der Waals surface area contributed by atoms with Crippen molar-refractivity contribution < 1.29 is 14.3 Å². The number of amides is 2. The normalized spacial score (nSPS) is 13.7. The van der Waals surface area contributed by atoms with E-state index in [4.69, 9.17) is 15.6 Å². The van der Waals surface area contributed by atoms with E-state index in [1.54, 1.807) is 29.2 Å². The van der Waals surface area contributed by atoms with Gasteiger partial charge in [0.1, 0.15) is 17.4 Å². The van der Waals surface area contributed by atoms with E-state index in [9.17, 15) is 9.59 Å². The zero-order chi connectivity index (χ0) is 28.6. The number of amidine groups is 2. The molecule has 1 aliphatic rings. The standard InChI is InChI=1S/C30H43N5O3/c1-9-12-27(36)34-16-15-22-18-25(38-8)24(17-23(22)19-34)29(37)33-21(4)14-11-13-20(3)28(32)35(26(31)10-2)30(5,6)7/h11,13-14,17-18,31-32H,4,9-10,12,15-16,19H2,1-3,5-8H3,(H,33,37)/b14-11-,20-13+,31-26?,32-28?. The summed E-state index contributed by atoms with van der Waals surface area (Å²) in [7, 11) is 1.54. The number of hydrogen-bond acceptors (Lipinski definition) is 5. The molecule has 8 nitrogen and oxygen atoms in total. The van der Waals surface area contributed by atoms with Gasteiger partial charge in [-0.1, -0.05) is 32.6 Å². The maximum absolute atomic E-state index is 13.1. The van der Waals surface area contributed by atoms with Gasteiger partial charge in [-0.25, -0.2) is 0 Å². The molecular weight excluding hydrogens is 478 g/mol. The fourth-order valence-corrected chi connectivity index (χ4v) is 4.37. The van der Waals surface area contributed by atoms with E-state index in [0.29, 0.717) is 54.3 Å². The summed E-state index contributed by atoms with van der Waals surface area (Å²) >= 11 is 0. The maximum atomic E-state index is 13.1. The Balaban J connectivity index is 2.15. The fraction of sp³-hybridized carbons (Fsp3) is 0.467. The molecule has 0 unspecified atom stereocenters. The molecule has 0 saturated heterocycles. The third kappa shape index (κ3) is 7.66. The van der Waals surface area contributed by atoms with Crippen LogP contribution in [0.15, 0.2) is 48.2 Å². The summed E-state index contributed by atoms with van der Waals surface area (Å²) in [5.74, 6) is 0.907. The van der Waals surface area contributed by atoms with Crippen LogP contribution in [-0.2, 0) is 17.8 Å². The molecule has 0 bridgehead atoms. The minimum absolute atomic E-state index is 0.132. The number of fused-ring (bicyclic) bond motifs is 1. The van der Waals surface area contributed by atoms with Crippen LogP contribution >= 0.6 is 0 Å². The number of allylic oxidation sites excluding steroid dienone is 3. The van der Waals surface area contributed by atoms with Crippen LogP contribution in [0.5, 0.6) is 5.75 Å². The van der Waals surface area contributed by atoms with Crippen LogP contribution in [0.2, 0.25) is 0 Å². The van der Waals surface area contributed by atoms with Gasteiger partial charge in [-0.3, -0.25) is 20.4 Å². The van der Waals surface area contributed by atoms with E-state index in [0.717, 1.165) is 24.0 Å². The van der Waals surface area contributed by atoms with Crippen molar-refractivity contribution in [3.05, 3.63) is 64.9 Å². The van der Waals surface area contributed by atoms with Crippen molar-refractivity contribution in [3.63, 3.8) is 0 Å². The molecule has 0 radical (unpaired) electrons. The van der Waals surface area contributed by atoms with Gasteiger partial charge in [0.15, 0.2) is 0 Å². The molecule has 1 aromatic carbocycles. The number of benzene rings is 1. The highest BCUT2D eigenvalue weighted by Gasteiger charge is 2.27. The summed E-state index contributed by atoms with van der Waals surface area (Å²) in [6.45, 7) is 16.7. The van der Waals surface area contributed by atoms with Crippen molar-refractivity contribution in [2.24, 2.45) is 0 Å². The average Bonchev–Trinajstić information content (AvgIpc) is 2.86. The Morgan fingerprint density at radius 1 is 1.21 bits per heavy atom. The van der Waals surface area contributed by atoms with Crippen molar-refractivity contribution >= 4 is 23.5 Å². The lowest BCUT2D eigenvalue weighted by molar-refractivity contribution is -0.132. The Hall–Kier alpha value is -3.68. The Bertz CT molecular complexity index is 1160. The molecule has 8 heteroatoms. The molecule has 0 aliphatic carbocycles. The van der Waals surface area contributed by atoms with Crippen molar-refractivity contribution in [3.8, 4) is 5.75 Å². The van der Waals surface area contributed by atoms with Gasteiger partial charge in [-0.05, 0) is 75.4 Å². The largest absolute Gasteiger partial charge is 0.496 e. The van der Waals surface area contributed by atoms with Gasteiger partial charge in [-0.15, -0.1) is 0 Å². The monoisotopic (exact) mass is 521 g/mol. The van der Waals surface area contributed by atoms with E-state index in [2.05, 4.69) is 11.9 Å². The van der Waals surface area contributed by atoms with Gasteiger partial charge in [-0.2, -0.15) is 0 Å². The minimum Gasteiger partial charge on any atom is -0.496 e. The van der Waals surface area contributed by atoms with Gasteiger partial charge in [0, 0.05) is 37.2 Å². The third-order valence-corrected chi connectivity index (χ3v) is 6.39. The van der Waals surface area contributed by atoms with Crippen molar-refractivity contribution in [2.45, 2.75) is 79.3 Å². The summed E-state index contributed by atoms with van der Waals surface area (Å²) in [5.41, 5.74) is 3.10. The van der Waals surface area contributed by atoms with Crippen LogP contribution in [0, 0.1) is 10.8 Å². The maximum Gasteiger partial charge on any atom is 0.259 e. The summed E-state index contributed by atoms with van der Waals surface area (Å²) in [6, 6.07) is 3.69. The van der Waals surface area contributed by atoms with Gasteiger partial charge in [0.25, 0.3) is 5.91 Å². The Kier molecular flexibility index (Phi) is 10.6. The lowest BCUT2D eigenvalue weighted by Crippen LogP contribution is -2.49. The smallest absolute Gasteiger partial charge is 0.259 e. The predicted octanol–water partition coefficient (Wildman–Crippen LogP) is 5.59. The van der Waals surface area contributed by atoms with Crippen LogP contribution in [0.1, 0.15) is 82.3 Å². The van der Waals surface area contributed by atoms with Crippen LogP contribution in [0.25, 0.3) is 0 Å². The number of nitrogens with zero attached hydrogens (tertiary/aromatic N) is 2. The lowest BCUT2D eigenvalue weighted by atomic mass is 9.96. The molecule has 38 heavy (non-hydrogen) atoms. The molecule has 0 aromatic heterocycles. The zero-order valence-corrected chi connectivity index (χ0v) is 24.0. The van der Waals surface area contributed by atoms with Gasteiger partial charge in [0.05, 0.1) is 12.7 Å².